The first-order valence-corrected chi connectivity index (χ1v) is 6.30. The number of ether oxygens (including phenoxy) is 1. The van der Waals surface area contributed by atoms with Crippen LogP contribution in [-0.2, 0) is 16.1 Å². The molecular weight excluding hydrogens is 252 g/mol. The molecular formula is C13H18O4S. The van der Waals surface area contributed by atoms with Crippen molar-refractivity contribution in [2.24, 2.45) is 0 Å². The van der Waals surface area contributed by atoms with Gasteiger partial charge in [0.25, 0.3) is 0 Å². The van der Waals surface area contributed by atoms with Crippen molar-refractivity contribution >= 4 is 18.4 Å². The molecule has 100 valence electrons. The summed E-state index contributed by atoms with van der Waals surface area (Å²) >= 11 is 3.61. The number of ketones is 1. The maximum atomic E-state index is 11.1. The van der Waals surface area contributed by atoms with Gasteiger partial charge in [-0.2, -0.15) is 0 Å². The summed E-state index contributed by atoms with van der Waals surface area (Å²) in [6.45, 7) is 0.603. The van der Waals surface area contributed by atoms with Gasteiger partial charge < -0.3 is 14.9 Å². The van der Waals surface area contributed by atoms with Crippen LogP contribution in [0, 0.1) is 0 Å². The molecule has 2 atom stereocenters. The van der Waals surface area contributed by atoms with E-state index in [0.717, 1.165) is 5.56 Å². The molecule has 0 aliphatic heterocycles. The van der Waals surface area contributed by atoms with E-state index >= 15 is 0 Å². The number of Topliss-reactive ketones (excluding diaryl/α,β-unsaturated/α-hetero) is 1. The smallest absolute Gasteiger partial charge is 0.171 e. The van der Waals surface area contributed by atoms with Crippen LogP contribution in [-0.4, -0.2) is 34.1 Å². The zero-order chi connectivity index (χ0) is 13.4. The van der Waals surface area contributed by atoms with Gasteiger partial charge in [-0.15, -0.1) is 12.6 Å². The first-order chi connectivity index (χ1) is 8.59. The first-order valence-electron chi connectivity index (χ1n) is 5.78. The molecule has 5 heteroatoms. The van der Waals surface area contributed by atoms with Crippen LogP contribution in [0.25, 0.3) is 0 Å². The lowest BCUT2D eigenvalue weighted by molar-refractivity contribution is -0.123. The van der Waals surface area contributed by atoms with Crippen molar-refractivity contribution in [3.63, 3.8) is 0 Å². The lowest BCUT2D eigenvalue weighted by atomic mass is 10.1. The van der Waals surface area contributed by atoms with Gasteiger partial charge in [-0.05, 0) is 12.0 Å². The van der Waals surface area contributed by atoms with Crippen LogP contribution in [0.3, 0.4) is 0 Å². The molecule has 0 spiro atoms. The van der Waals surface area contributed by atoms with Crippen LogP contribution < -0.4 is 0 Å². The summed E-state index contributed by atoms with van der Waals surface area (Å²) in [4.78, 5) is 11.1. The third-order valence-electron chi connectivity index (χ3n) is 2.43. The quantitative estimate of drug-likeness (QED) is 0.490. The molecule has 0 amide bonds. The molecule has 0 fully saturated rings. The van der Waals surface area contributed by atoms with E-state index < -0.39 is 11.5 Å². The molecule has 0 bridgehead atoms. The van der Waals surface area contributed by atoms with E-state index in [1.807, 2.05) is 30.3 Å². The molecule has 1 aromatic rings. The Morgan fingerprint density at radius 1 is 1.28 bits per heavy atom. The molecule has 1 unspecified atom stereocenters. The fourth-order valence-corrected chi connectivity index (χ4v) is 1.54. The average molecular weight is 270 g/mol. The van der Waals surface area contributed by atoms with Gasteiger partial charge in [-0.1, -0.05) is 30.3 Å². The van der Waals surface area contributed by atoms with Gasteiger partial charge in [0.15, 0.2) is 11.2 Å². The summed E-state index contributed by atoms with van der Waals surface area (Å²) in [5, 5.41) is 18.4. The fourth-order valence-electron chi connectivity index (χ4n) is 1.41. The van der Waals surface area contributed by atoms with Crippen molar-refractivity contribution in [2.75, 3.05) is 6.61 Å². The van der Waals surface area contributed by atoms with E-state index in [1.165, 1.54) is 0 Å². The van der Waals surface area contributed by atoms with Crippen LogP contribution in [0.2, 0.25) is 0 Å². The third kappa shape index (κ3) is 6.16. The van der Waals surface area contributed by atoms with Crippen LogP contribution >= 0.6 is 12.6 Å². The minimum Gasteiger partial charge on any atom is -0.391 e. The minimum absolute atomic E-state index is 0.0977. The highest BCUT2D eigenvalue weighted by Crippen LogP contribution is 2.05. The molecule has 1 aromatic carbocycles. The monoisotopic (exact) mass is 270 g/mol. The van der Waals surface area contributed by atoms with Crippen LogP contribution in [0.1, 0.15) is 18.4 Å². The third-order valence-corrected chi connectivity index (χ3v) is 2.72. The second kappa shape index (κ2) is 8.26. The Bertz CT molecular complexity index is 353. The number of carbonyl (C=O) groups excluding carboxylic acids is 1. The Hall–Kier alpha value is -0.880. The summed E-state index contributed by atoms with van der Waals surface area (Å²) in [6, 6.07) is 9.64. The summed E-state index contributed by atoms with van der Waals surface area (Å²) in [7, 11) is 0. The zero-order valence-corrected chi connectivity index (χ0v) is 10.9. The molecule has 0 aromatic heterocycles. The summed E-state index contributed by atoms with van der Waals surface area (Å²) < 4.78 is 5.33. The van der Waals surface area contributed by atoms with Crippen molar-refractivity contribution in [3.05, 3.63) is 35.9 Å². The highest BCUT2D eigenvalue weighted by Gasteiger charge is 2.12. The van der Waals surface area contributed by atoms with E-state index in [0.29, 0.717) is 6.61 Å². The predicted octanol–water partition coefficient (Wildman–Crippen LogP) is 1.16. The molecule has 0 aliphatic carbocycles. The number of benzene rings is 1. The largest absolute Gasteiger partial charge is 0.391 e. The number of rotatable bonds is 8. The molecule has 0 saturated carbocycles. The zero-order valence-electron chi connectivity index (χ0n) is 10.0. The molecule has 18 heavy (non-hydrogen) atoms. The van der Waals surface area contributed by atoms with E-state index in [1.54, 1.807) is 0 Å². The highest BCUT2D eigenvalue weighted by molar-refractivity contribution is 7.81. The van der Waals surface area contributed by atoms with Crippen LogP contribution in [0.15, 0.2) is 30.3 Å². The number of thiol groups is 1. The second-order valence-electron chi connectivity index (χ2n) is 4.03. The van der Waals surface area contributed by atoms with E-state index in [4.69, 9.17) is 9.84 Å². The van der Waals surface area contributed by atoms with Gasteiger partial charge in [0.05, 0.1) is 19.3 Å². The Balaban J connectivity index is 2.14. The first kappa shape index (κ1) is 15.2. The number of aliphatic hydroxyl groups excluding tert-OH is 2. The minimum atomic E-state index is -1.26. The van der Waals surface area contributed by atoms with E-state index in [9.17, 15) is 9.90 Å². The molecule has 1 rings (SSSR count). The van der Waals surface area contributed by atoms with Crippen molar-refractivity contribution < 1.29 is 19.7 Å². The summed E-state index contributed by atoms with van der Waals surface area (Å²) in [5.41, 5.74) is -0.228. The van der Waals surface area contributed by atoms with Gasteiger partial charge in [0, 0.05) is 6.42 Å². The normalized spacial score (nSPS) is 14.2. The summed E-state index contributed by atoms with van der Waals surface area (Å²) in [5.74, 6) is -0.388. The molecule has 2 N–H and O–H groups in total. The van der Waals surface area contributed by atoms with Gasteiger partial charge in [0.2, 0.25) is 0 Å². The standard InChI is InChI=1S/C13H18O4S/c14-11(6-7-12(15)13(16)18)9-17-8-10-4-2-1-3-5-10/h1-5,11,13-14,16,18H,6-9H2/t11-,13?/m1/s1. The average Bonchev–Trinajstić information content (AvgIpc) is 2.37. The number of hydrogen-bond donors (Lipinski definition) is 3. The van der Waals surface area contributed by atoms with Gasteiger partial charge in [0.1, 0.15) is 0 Å². The summed E-state index contributed by atoms with van der Waals surface area (Å²) in [6.07, 6.45) is -0.337. The Morgan fingerprint density at radius 2 is 1.94 bits per heavy atom. The van der Waals surface area contributed by atoms with Crippen molar-refractivity contribution in [1.82, 2.24) is 0 Å². The van der Waals surface area contributed by atoms with E-state index in [-0.39, 0.29) is 25.2 Å². The molecule has 4 nitrogen and oxygen atoms in total. The SMILES string of the molecule is O=C(CC[C@@H](O)COCc1ccccc1)C(O)S. The number of hydrogen-bond acceptors (Lipinski definition) is 5. The topological polar surface area (TPSA) is 66.8 Å². The van der Waals surface area contributed by atoms with Gasteiger partial charge >= 0.3 is 0 Å². The fraction of sp³-hybridized carbons (Fsp3) is 0.462. The predicted molar refractivity (Wildman–Crippen MR) is 71.3 cm³/mol. The Labute approximate surface area is 112 Å². The lowest BCUT2D eigenvalue weighted by Crippen LogP contribution is -2.20. The molecule has 0 aliphatic rings. The van der Waals surface area contributed by atoms with Crippen molar-refractivity contribution in [2.45, 2.75) is 31.0 Å². The molecule has 0 saturated heterocycles. The van der Waals surface area contributed by atoms with Crippen LogP contribution in [0.4, 0.5) is 0 Å². The maximum Gasteiger partial charge on any atom is 0.171 e. The second-order valence-corrected chi connectivity index (χ2v) is 4.52. The van der Waals surface area contributed by atoms with Gasteiger partial charge in [-0.3, -0.25) is 4.79 Å². The molecule has 0 heterocycles. The lowest BCUT2D eigenvalue weighted by Gasteiger charge is -2.11. The van der Waals surface area contributed by atoms with Crippen molar-refractivity contribution in [3.8, 4) is 0 Å². The van der Waals surface area contributed by atoms with Gasteiger partial charge in [-0.25, -0.2) is 0 Å². The Kier molecular flexibility index (Phi) is 6.97. The van der Waals surface area contributed by atoms with E-state index in [2.05, 4.69) is 12.6 Å². The Morgan fingerprint density at radius 3 is 2.56 bits per heavy atom. The van der Waals surface area contributed by atoms with Crippen molar-refractivity contribution in [1.29, 1.82) is 0 Å². The van der Waals surface area contributed by atoms with Crippen LogP contribution in [0.5, 0.6) is 0 Å². The highest BCUT2D eigenvalue weighted by atomic mass is 32.1. The number of carbonyl (C=O) groups is 1. The molecule has 0 radical (unpaired) electrons. The maximum absolute atomic E-state index is 11.1. The number of aliphatic hydroxyl groups is 2.